The maximum atomic E-state index is 6.23. The third-order valence-electron chi connectivity index (χ3n) is 3.78. The molecule has 19 heavy (non-hydrogen) atoms. The normalized spacial score (nSPS) is 18.5. The molecule has 0 amide bonds. The summed E-state index contributed by atoms with van der Waals surface area (Å²) in [4.78, 5) is 2.53. The van der Waals surface area contributed by atoms with Crippen LogP contribution in [0.1, 0.15) is 37.8 Å². The van der Waals surface area contributed by atoms with Gasteiger partial charge in [-0.1, -0.05) is 41.8 Å². The SMILES string of the molecule is CC(NCCN1CCCCC1)c1cccc(Cl)c1Cl. The molecule has 1 saturated heterocycles. The zero-order valence-corrected chi connectivity index (χ0v) is 13.0. The predicted molar refractivity (Wildman–Crippen MR) is 83.2 cm³/mol. The lowest BCUT2D eigenvalue weighted by molar-refractivity contribution is 0.227. The molecule has 1 N–H and O–H groups in total. The lowest BCUT2D eigenvalue weighted by atomic mass is 10.1. The summed E-state index contributed by atoms with van der Waals surface area (Å²) < 4.78 is 0. The molecule has 2 nitrogen and oxygen atoms in total. The fraction of sp³-hybridized carbons (Fsp3) is 0.600. The van der Waals surface area contributed by atoms with Crippen molar-refractivity contribution in [2.45, 2.75) is 32.2 Å². The number of nitrogens with one attached hydrogen (secondary N) is 1. The highest BCUT2D eigenvalue weighted by Gasteiger charge is 2.13. The van der Waals surface area contributed by atoms with Gasteiger partial charge in [-0.25, -0.2) is 0 Å². The van der Waals surface area contributed by atoms with Crippen molar-refractivity contribution in [2.75, 3.05) is 26.2 Å². The summed E-state index contributed by atoms with van der Waals surface area (Å²) in [5, 5.41) is 4.83. The fourth-order valence-corrected chi connectivity index (χ4v) is 3.06. The second-order valence-corrected chi connectivity index (χ2v) is 6.01. The van der Waals surface area contributed by atoms with E-state index in [-0.39, 0.29) is 6.04 Å². The average Bonchev–Trinajstić information content (AvgIpc) is 2.43. The van der Waals surface area contributed by atoms with Gasteiger partial charge in [0, 0.05) is 19.1 Å². The van der Waals surface area contributed by atoms with Gasteiger partial charge in [-0.15, -0.1) is 0 Å². The van der Waals surface area contributed by atoms with Crippen LogP contribution in [0, 0.1) is 0 Å². The summed E-state index contributed by atoms with van der Waals surface area (Å²) in [5.41, 5.74) is 1.08. The molecule has 1 aromatic rings. The van der Waals surface area contributed by atoms with E-state index in [1.807, 2.05) is 18.2 Å². The summed E-state index contributed by atoms with van der Waals surface area (Å²) in [7, 11) is 0. The van der Waals surface area contributed by atoms with Gasteiger partial charge < -0.3 is 10.2 Å². The Morgan fingerprint density at radius 2 is 1.95 bits per heavy atom. The van der Waals surface area contributed by atoms with Crippen molar-refractivity contribution in [2.24, 2.45) is 0 Å². The van der Waals surface area contributed by atoms with E-state index in [1.54, 1.807) is 0 Å². The molecule has 1 aliphatic rings. The number of halogens is 2. The van der Waals surface area contributed by atoms with Gasteiger partial charge in [-0.2, -0.15) is 0 Å². The third kappa shape index (κ3) is 4.35. The minimum Gasteiger partial charge on any atom is -0.309 e. The van der Waals surface area contributed by atoms with Crippen LogP contribution in [0.15, 0.2) is 18.2 Å². The first-order valence-electron chi connectivity index (χ1n) is 7.08. The zero-order chi connectivity index (χ0) is 13.7. The number of benzene rings is 1. The van der Waals surface area contributed by atoms with E-state index in [4.69, 9.17) is 23.2 Å². The molecule has 1 aliphatic heterocycles. The van der Waals surface area contributed by atoms with Crippen LogP contribution >= 0.6 is 23.2 Å². The molecule has 0 aromatic heterocycles. The quantitative estimate of drug-likeness (QED) is 0.879. The number of nitrogens with zero attached hydrogens (tertiary/aromatic N) is 1. The Morgan fingerprint density at radius 3 is 2.68 bits per heavy atom. The van der Waals surface area contributed by atoms with Crippen LogP contribution in [0.3, 0.4) is 0 Å². The van der Waals surface area contributed by atoms with Gasteiger partial charge >= 0.3 is 0 Å². The molecule has 0 radical (unpaired) electrons. The highest BCUT2D eigenvalue weighted by atomic mass is 35.5. The second kappa shape index (κ2) is 7.49. The summed E-state index contributed by atoms with van der Waals surface area (Å²) >= 11 is 12.3. The van der Waals surface area contributed by atoms with E-state index in [1.165, 1.54) is 32.4 Å². The molecule has 1 fully saturated rings. The smallest absolute Gasteiger partial charge is 0.0639 e. The van der Waals surface area contributed by atoms with E-state index >= 15 is 0 Å². The van der Waals surface area contributed by atoms with Gasteiger partial charge in [0.25, 0.3) is 0 Å². The van der Waals surface area contributed by atoms with Crippen LogP contribution in [-0.2, 0) is 0 Å². The van der Waals surface area contributed by atoms with Crippen molar-refractivity contribution >= 4 is 23.2 Å². The topological polar surface area (TPSA) is 15.3 Å². The summed E-state index contributed by atoms with van der Waals surface area (Å²) in [6.45, 7) is 6.72. The molecule has 1 unspecified atom stereocenters. The van der Waals surface area contributed by atoms with Crippen molar-refractivity contribution in [1.29, 1.82) is 0 Å². The van der Waals surface area contributed by atoms with Gasteiger partial charge in [0.05, 0.1) is 10.0 Å². The Hall–Kier alpha value is -0.280. The highest BCUT2D eigenvalue weighted by molar-refractivity contribution is 6.42. The second-order valence-electron chi connectivity index (χ2n) is 5.22. The predicted octanol–water partition coefficient (Wildman–Crippen LogP) is 4.13. The molecule has 106 valence electrons. The molecular formula is C15H22Cl2N2. The van der Waals surface area contributed by atoms with Crippen molar-refractivity contribution < 1.29 is 0 Å². The van der Waals surface area contributed by atoms with E-state index < -0.39 is 0 Å². The molecule has 1 heterocycles. The summed E-state index contributed by atoms with van der Waals surface area (Å²) in [6.07, 6.45) is 4.07. The van der Waals surface area contributed by atoms with Crippen LogP contribution in [0.4, 0.5) is 0 Å². The van der Waals surface area contributed by atoms with Crippen molar-refractivity contribution in [1.82, 2.24) is 10.2 Å². The molecule has 0 spiro atoms. The molecule has 1 aromatic carbocycles. The van der Waals surface area contributed by atoms with E-state index in [9.17, 15) is 0 Å². The molecule has 0 saturated carbocycles. The number of hydrogen-bond donors (Lipinski definition) is 1. The molecular weight excluding hydrogens is 279 g/mol. The largest absolute Gasteiger partial charge is 0.309 e. The molecule has 1 atom stereocenters. The average molecular weight is 301 g/mol. The van der Waals surface area contributed by atoms with Crippen LogP contribution in [0.2, 0.25) is 10.0 Å². The van der Waals surface area contributed by atoms with Gasteiger partial charge in [0.2, 0.25) is 0 Å². The van der Waals surface area contributed by atoms with Gasteiger partial charge in [0.15, 0.2) is 0 Å². The van der Waals surface area contributed by atoms with E-state index in [2.05, 4.69) is 17.1 Å². The van der Waals surface area contributed by atoms with Crippen LogP contribution in [0.25, 0.3) is 0 Å². The monoisotopic (exact) mass is 300 g/mol. The maximum absolute atomic E-state index is 6.23. The summed E-state index contributed by atoms with van der Waals surface area (Å²) in [5.74, 6) is 0. The molecule has 0 bridgehead atoms. The van der Waals surface area contributed by atoms with E-state index in [0.29, 0.717) is 10.0 Å². The van der Waals surface area contributed by atoms with E-state index in [0.717, 1.165) is 18.7 Å². The Kier molecular flexibility index (Phi) is 5.96. The Balaban J connectivity index is 1.80. The van der Waals surface area contributed by atoms with Crippen molar-refractivity contribution in [3.8, 4) is 0 Å². The fourth-order valence-electron chi connectivity index (χ4n) is 2.59. The molecule has 4 heteroatoms. The first kappa shape index (κ1) is 15.1. The standard InChI is InChI=1S/C15H22Cl2N2/c1-12(13-6-5-7-14(16)15(13)17)18-8-11-19-9-3-2-4-10-19/h5-7,12,18H,2-4,8-11H2,1H3. The molecule has 0 aliphatic carbocycles. The van der Waals surface area contributed by atoms with Crippen molar-refractivity contribution in [3.63, 3.8) is 0 Å². The Labute approximate surface area is 126 Å². The minimum atomic E-state index is 0.232. The third-order valence-corrected chi connectivity index (χ3v) is 4.61. The van der Waals surface area contributed by atoms with Crippen LogP contribution < -0.4 is 5.32 Å². The first-order valence-corrected chi connectivity index (χ1v) is 7.83. The van der Waals surface area contributed by atoms with Crippen molar-refractivity contribution in [3.05, 3.63) is 33.8 Å². The number of rotatable bonds is 5. The Morgan fingerprint density at radius 1 is 1.21 bits per heavy atom. The first-order chi connectivity index (χ1) is 9.18. The maximum Gasteiger partial charge on any atom is 0.0639 e. The van der Waals surface area contributed by atoms with Gasteiger partial charge in [0.1, 0.15) is 0 Å². The lowest BCUT2D eigenvalue weighted by Crippen LogP contribution is -2.36. The molecule has 2 rings (SSSR count). The van der Waals surface area contributed by atoms with Crippen LogP contribution in [-0.4, -0.2) is 31.1 Å². The highest BCUT2D eigenvalue weighted by Crippen LogP contribution is 2.29. The number of likely N-dealkylation sites (tertiary alicyclic amines) is 1. The van der Waals surface area contributed by atoms with Crippen LogP contribution in [0.5, 0.6) is 0 Å². The summed E-state index contributed by atoms with van der Waals surface area (Å²) in [6, 6.07) is 6.04. The lowest BCUT2D eigenvalue weighted by Gasteiger charge is -2.27. The number of hydrogen-bond acceptors (Lipinski definition) is 2. The van der Waals surface area contributed by atoms with Gasteiger partial charge in [-0.05, 0) is 44.5 Å². The van der Waals surface area contributed by atoms with Gasteiger partial charge in [-0.3, -0.25) is 0 Å². The Bertz CT molecular complexity index is 403. The zero-order valence-electron chi connectivity index (χ0n) is 11.5. The minimum absolute atomic E-state index is 0.232. The number of piperidine rings is 1.